The van der Waals surface area contributed by atoms with Crippen molar-refractivity contribution < 1.29 is 9.90 Å². The predicted molar refractivity (Wildman–Crippen MR) is 61.1 cm³/mol. The van der Waals surface area contributed by atoms with Crippen LogP contribution in [0, 0.1) is 0 Å². The number of piperazine rings is 1. The van der Waals surface area contributed by atoms with Gasteiger partial charge >= 0.3 is 0 Å². The summed E-state index contributed by atoms with van der Waals surface area (Å²) in [7, 11) is 0. The molecule has 4 nitrogen and oxygen atoms in total. The van der Waals surface area contributed by atoms with Crippen molar-refractivity contribution in [1.82, 2.24) is 10.2 Å². The van der Waals surface area contributed by atoms with Crippen LogP contribution in [0.1, 0.15) is 15.9 Å². The van der Waals surface area contributed by atoms with Gasteiger partial charge in [-0.2, -0.15) is 0 Å². The SMILES string of the molecule is O=C(c1ccccc1CO)N1CCNCC1. The summed E-state index contributed by atoms with van der Waals surface area (Å²) in [6.45, 7) is 3.06. The Balaban J connectivity index is 2.19. The molecule has 2 rings (SSSR count). The van der Waals surface area contributed by atoms with Crippen molar-refractivity contribution in [2.75, 3.05) is 26.2 Å². The quantitative estimate of drug-likeness (QED) is 0.750. The Morgan fingerprint density at radius 2 is 2.00 bits per heavy atom. The first kappa shape index (κ1) is 11.1. The zero-order valence-electron chi connectivity index (χ0n) is 9.15. The fourth-order valence-electron chi connectivity index (χ4n) is 1.91. The van der Waals surface area contributed by atoms with Gasteiger partial charge in [0, 0.05) is 31.7 Å². The normalized spacial score (nSPS) is 16.2. The van der Waals surface area contributed by atoms with E-state index in [1.807, 2.05) is 17.0 Å². The molecule has 1 amide bonds. The molecule has 0 unspecified atom stereocenters. The summed E-state index contributed by atoms with van der Waals surface area (Å²) in [5, 5.41) is 12.4. The lowest BCUT2D eigenvalue weighted by Gasteiger charge is -2.28. The number of carbonyl (C=O) groups excluding carboxylic acids is 1. The van der Waals surface area contributed by atoms with Crippen molar-refractivity contribution in [2.24, 2.45) is 0 Å². The summed E-state index contributed by atoms with van der Waals surface area (Å²) >= 11 is 0. The lowest BCUT2D eigenvalue weighted by molar-refractivity contribution is 0.0732. The van der Waals surface area contributed by atoms with E-state index in [9.17, 15) is 9.90 Å². The predicted octanol–water partition coefficient (Wildman–Crippen LogP) is 0.224. The number of nitrogens with zero attached hydrogens (tertiary/aromatic N) is 1. The molecular formula is C12H16N2O2. The zero-order valence-corrected chi connectivity index (χ0v) is 9.15. The molecule has 0 aliphatic carbocycles. The standard InChI is InChI=1S/C12H16N2O2/c15-9-10-3-1-2-4-11(10)12(16)14-7-5-13-6-8-14/h1-4,13,15H,5-9H2. The molecule has 1 heterocycles. The van der Waals surface area contributed by atoms with E-state index in [-0.39, 0.29) is 12.5 Å². The highest BCUT2D eigenvalue weighted by Gasteiger charge is 2.19. The Morgan fingerprint density at radius 3 is 2.69 bits per heavy atom. The van der Waals surface area contributed by atoms with E-state index >= 15 is 0 Å². The Labute approximate surface area is 94.9 Å². The van der Waals surface area contributed by atoms with E-state index in [1.54, 1.807) is 12.1 Å². The fraction of sp³-hybridized carbons (Fsp3) is 0.417. The van der Waals surface area contributed by atoms with Gasteiger partial charge in [0.15, 0.2) is 0 Å². The molecule has 1 aromatic rings. The summed E-state index contributed by atoms with van der Waals surface area (Å²) in [4.78, 5) is 14.0. The number of hydrogen-bond acceptors (Lipinski definition) is 3. The van der Waals surface area contributed by atoms with Gasteiger partial charge in [0.05, 0.1) is 6.61 Å². The van der Waals surface area contributed by atoms with Gasteiger partial charge in [-0.1, -0.05) is 18.2 Å². The summed E-state index contributed by atoms with van der Waals surface area (Å²) < 4.78 is 0. The summed E-state index contributed by atoms with van der Waals surface area (Å²) in [6.07, 6.45) is 0. The third kappa shape index (κ3) is 2.23. The monoisotopic (exact) mass is 220 g/mol. The number of hydrogen-bond donors (Lipinski definition) is 2. The van der Waals surface area contributed by atoms with Crippen molar-refractivity contribution in [3.8, 4) is 0 Å². The summed E-state index contributed by atoms with van der Waals surface area (Å²) in [5.74, 6) is 0.0196. The highest BCUT2D eigenvalue weighted by Crippen LogP contribution is 2.12. The molecule has 1 saturated heterocycles. The molecule has 86 valence electrons. The van der Waals surface area contributed by atoms with Crippen LogP contribution in [0.2, 0.25) is 0 Å². The number of rotatable bonds is 2. The molecule has 0 atom stereocenters. The van der Waals surface area contributed by atoms with Crippen LogP contribution < -0.4 is 5.32 Å². The second-order valence-electron chi connectivity index (χ2n) is 3.86. The minimum absolute atomic E-state index is 0.0196. The minimum atomic E-state index is -0.0893. The van der Waals surface area contributed by atoms with Gasteiger partial charge in [0.25, 0.3) is 5.91 Å². The Kier molecular flexibility index (Phi) is 3.54. The Bertz CT molecular complexity index is 373. The number of aliphatic hydroxyl groups excluding tert-OH is 1. The lowest BCUT2D eigenvalue weighted by atomic mass is 10.1. The number of benzene rings is 1. The van der Waals surface area contributed by atoms with E-state index in [2.05, 4.69) is 5.32 Å². The minimum Gasteiger partial charge on any atom is -0.392 e. The van der Waals surface area contributed by atoms with E-state index < -0.39 is 0 Å². The molecule has 0 aromatic heterocycles. The van der Waals surface area contributed by atoms with E-state index in [4.69, 9.17) is 0 Å². The topological polar surface area (TPSA) is 52.6 Å². The maximum absolute atomic E-state index is 12.2. The van der Waals surface area contributed by atoms with Crippen LogP contribution in [0.15, 0.2) is 24.3 Å². The Morgan fingerprint density at radius 1 is 1.31 bits per heavy atom. The second-order valence-corrected chi connectivity index (χ2v) is 3.86. The first-order chi connectivity index (χ1) is 7.83. The molecule has 0 saturated carbocycles. The van der Waals surface area contributed by atoms with Crippen LogP contribution in [0.25, 0.3) is 0 Å². The highest BCUT2D eigenvalue weighted by atomic mass is 16.3. The smallest absolute Gasteiger partial charge is 0.254 e. The van der Waals surface area contributed by atoms with E-state index in [1.165, 1.54) is 0 Å². The summed E-state index contributed by atoms with van der Waals surface area (Å²) in [5.41, 5.74) is 1.32. The van der Waals surface area contributed by atoms with E-state index in [0.717, 1.165) is 26.2 Å². The van der Waals surface area contributed by atoms with Crippen LogP contribution in [-0.4, -0.2) is 42.1 Å². The number of nitrogens with one attached hydrogen (secondary N) is 1. The van der Waals surface area contributed by atoms with Gasteiger partial charge in [-0.3, -0.25) is 4.79 Å². The van der Waals surface area contributed by atoms with Crippen molar-refractivity contribution >= 4 is 5.91 Å². The highest BCUT2D eigenvalue weighted by molar-refractivity contribution is 5.95. The lowest BCUT2D eigenvalue weighted by Crippen LogP contribution is -2.46. The second kappa shape index (κ2) is 5.09. The first-order valence-electron chi connectivity index (χ1n) is 5.51. The van der Waals surface area contributed by atoms with Crippen LogP contribution in [0.4, 0.5) is 0 Å². The molecule has 2 N–H and O–H groups in total. The maximum atomic E-state index is 12.2. The van der Waals surface area contributed by atoms with Gasteiger partial charge in [-0.15, -0.1) is 0 Å². The molecule has 0 spiro atoms. The average molecular weight is 220 g/mol. The first-order valence-corrected chi connectivity index (χ1v) is 5.51. The van der Waals surface area contributed by atoms with E-state index in [0.29, 0.717) is 11.1 Å². The van der Waals surface area contributed by atoms with Crippen molar-refractivity contribution in [3.05, 3.63) is 35.4 Å². The third-order valence-electron chi connectivity index (χ3n) is 2.82. The molecule has 4 heteroatoms. The Hall–Kier alpha value is -1.39. The van der Waals surface area contributed by atoms with Gasteiger partial charge in [-0.25, -0.2) is 0 Å². The average Bonchev–Trinajstić information content (AvgIpc) is 2.39. The number of amides is 1. The van der Waals surface area contributed by atoms with Crippen LogP contribution in [0.3, 0.4) is 0 Å². The molecular weight excluding hydrogens is 204 g/mol. The maximum Gasteiger partial charge on any atom is 0.254 e. The van der Waals surface area contributed by atoms with Crippen molar-refractivity contribution in [3.63, 3.8) is 0 Å². The molecule has 1 aromatic carbocycles. The largest absolute Gasteiger partial charge is 0.392 e. The zero-order chi connectivity index (χ0) is 11.4. The van der Waals surface area contributed by atoms with Gasteiger partial charge in [0.1, 0.15) is 0 Å². The molecule has 1 aliphatic rings. The number of aliphatic hydroxyl groups is 1. The third-order valence-corrected chi connectivity index (χ3v) is 2.82. The molecule has 1 fully saturated rings. The van der Waals surface area contributed by atoms with Gasteiger partial charge < -0.3 is 15.3 Å². The summed E-state index contributed by atoms with van der Waals surface area (Å²) in [6, 6.07) is 7.22. The number of carbonyl (C=O) groups is 1. The van der Waals surface area contributed by atoms with Crippen molar-refractivity contribution in [1.29, 1.82) is 0 Å². The van der Waals surface area contributed by atoms with Crippen LogP contribution >= 0.6 is 0 Å². The molecule has 0 radical (unpaired) electrons. The molecule has 0 bridgehead atoms. The van der Waals surface area contributed by atoms with Gasteiger partial charge in [0.2, 0.25) is 0 Å². The van der Waals surface area contributed by atoms with Gasteiger partial charge in [-0.05, 0) is 11.6 Å². The van der Waals surface area contributed by atoms with Crippen molar-refractivity contribution in [2.45, 2.75) is 6.61 Å². The molecule has 16 heavy (non-hydrogen) atoms. The fourth-order valence-corrected chi connectivity index (χ4v) is 1.91. The van der Waals surface area contributed by atoms with Crippen LogP contribution in [-0.2, 0) is 6.61 Å². The molecule has 1 aliphatic heterocycles. The van der Waals surface area contributed by atoms with Crippen LogP contribution in [0.5, 0.6) is 0 Å².